The highest BCUT2D eigenvalue weighted by Gasteiger charge is 2.09. The predicted molar refractivity (Wildman–Crippen MR) is 61.1 cm³/mol. The number of carbonyl (C=O) groups excluding carboxylic acids is 1. The Morgan fingerprint density at radius 2 is 2.00 bits per heavy atom. The maximum absolute atomic E-state index is 11.7. The number of benzene rings is 1. The smallest absolute Gasteiger partial charge is 0.166 e. The van der Waals surface area contributed by atoms with Crippen LogP contribution < -0.4 is 0 Å². The Morgan fingerprint density at radius 1 is 1.25 bits per heavy atom. The maximum Gasteiger partial charge on any atom is 0.166 e. The van der Waals surface area contributed by atoms with Gasteiger partial charge in [-0.3, -0.25) is 4.79 Å². The summed E-state index contributed by atoms with van der Waals surface area (Å²) in [4.78, 5) is 11.7. The van der Waals surface area contributed by atoms with Gasteiger partial charge in [0.15, 0.2) is 5.78 Å². The van der Waals surface area contributed by atoms with Crippen molar-refractivity contribution in [3.8, 4) is 11.8 Å². The van der Waals surface area contributed by atoms with Crippen molar-refractivity contribution in [3.63, 3.8) is 0 Å². The molecule has 0 aliphatic rings. The quantitative estimate of drug-likeness (QED) is 0.588. The number of nitrogens with zero attached hydrogens (tertiary/aromatic N) is 1. The van der Waals surface area contributed by atoms with E-state index in [9.17, 15) is 9.90 Å². The second-order valence-corrected chi connectivity index (χ2v) is 3.66. The Morgan fingerprint density at radius 3 is 2.69 bits per heavy atom. The van der Waals surface area contributed by atoms with Gasteiger partial charge in [0, 0.05) is 12.8 Å². The zero-order chi connectivity index (χ0) is 11.8. The number of Topliss-reactive ketones (excluding diaryl/α,β-unsaturated/α-hetero) is 1. The lowest BCUT2D eigenvalue weighted by Gasteiger charge is -2.02. The van der Waals surface area contributed by atoms with Crippen molar-refractivity contribution >= 4 is 5.78 Å². The van der Waals surface area contributed by atoms with Crippen molar-refractivity contribution in [1.82, 2.24) is 0 Å². The molecule has 1 rings (SSSR count). The van der Waals surface area contributed by atoms with Gasteiger partial charge >= 0.3 is 0 Å². The molecular formula is C13H15NO2. The fourth-order valence-corrected chi connectivity index (χ4v) is 1.51. The van der Waals surface area contributed by atoms with Gasteiger partial charge in [-0.15, -0.1) is 0 Å². The number of hydrogen-bond acceptors (Lipinski definition) is 3. The first-order valence-corrected chi connectivity index (χ1v) is 5.44. The average molecular weight is 217 g/mol. The molecular weight excluding hydrogens is 202 g/mol. The number of phenolic OH excluding ortho intramolecular Hbond substituents is 1. The lowest BCUT2D eigenvalue weighted by molar-refractivity contribution is 0.0976. The van der Waals surface area contributed by atoms with Gasteiger partial charge in [-0.05, 0) is 25.0 Å². The molecule has 0 radical (unpaired) electrons. The van der Waals surface area contributed by atoms with Gasteiger partial charge in [-0.2, -0.15) is 5.26 Å². The minimum Gasteiger partial charge on any atom is -0.507 e. The van der Waals surface area contributed by atoms with Crippen LogP contribution in [-0.2, 0) is 0 Å². The van der Waals surface area contributed by atoms with Gasteiger partial charge in [0.1, 0.15) is 5.75 Å². The van der Waals surface area contributed by atoms with E-state index in [0.717, 1.165) is 19.3 Å². The van der Waals surface area contributed by atoms with E-state index in [-0.39, 0.29) is 11.5 Å². The first-order valence-electron chi connectivity index (χ1n) is 5.44. The molecule has 0 spiro atoms. The molecule has 0 bridgehead atoms. The Bertz CT molecular complexity index is 393. The highest BCUT2D eigenvalue weighted by molar-refractivity contribution is 5.98. The van der Waals surface area contributed by atoms with Crippen LogP contribution in [0.4, 0.5) is 0 Å². The Balaban J connectivity index is 2.36. The van der Waals surface area contributed by atoms with Crippen molar-refractivity contribution in [3.05, 3.63) is 29.8 Å². The van der Waals surface area contributed by atoms with E-state index in [4.69, 9.17) is 5.26 Å². The van der Waals surface area contributed by atoms with Crippen molar-refractivity contribution in [2.24, 2.45) is 0 Å². The monoisotopic (exact) mass is 217 g/mol. The third kappa shape index (κ3) is 3.74. The normalized spacial score (nSPS) is 9.69. The van der Waals surface area contributed by atoms with Gasteiger partial charge in [0.2, 0.25) is 0 Å². The number of rotatable bonds is 6. The molecule has 16 heavy (non-hydrogen) atoms. The lowest BCUT2D eigenvalue weighted by atomic mass is 10.0. The number of nitriles is 1. The lowest BCUT2D eigenvalue weighted by Crippen LogP contribution is -1.99. The number of phenols is 1. The molecule has 0 saturated heterocycles. The summed E-state index contributed by atoms with van der Waals surface area (Å²) >= 11 is 0. The van der Waals surface area contributed by atoms with Crippen LogP contribution in [-0.4, -0.2) is 10.9 Å². The molecule has 84 valence electrons. The summed E-state index contributed by atoms with van der Waals surface area (Å²) < 4.78 is 0. The van der Waals surface area contributed by atoms with Crippen LogP contribution in [0.3, 0.4) is 0 Å². The Kier molecular flexibility index (Phi) is 5.07. The predicted octanol–water partition coefficient (Wildman–Crippen LogP) is 3.05. The van der Waals surface area contributed by atoms with Gasteiger partial charge < -0.3 is 5.11 Å². The summed E-state index contributed by atoms with van der Waals surface area (Å²) in [6.45, 7) is 0. The zero-order valence-electron chi connectivity index (χ0n) is 9.15. The van der Waals surface area contributed by atoms with Gasteiger partial charge in [-0.1, -0.05) is 18.6 Å². The van der Waals surface area contributed by atoms with E-state index < -0.39 is 0 Å². The van der Waals surface area contributed by atoms with Crippen molar-refractivity contribution in [2.45, 2.75) is 32.1 Å². The maximum atomic E-state index is 11.7. The first kappa shape index (κ1) is 12.3. The van der Waals surface area contributed by atoms with Crippen LogP contribution in [0.5, 0.6) is 5.75 Å². The minimum atomic E-state index is -0.0324. The van der Waals surface area contributed by atoms with E-state index in [1.165, 1.54) is 6.07 Å². The number of hydrogen-bond donors (Lipinski definition) is 1. The highest BCUT2D eigenvalue weighted by Crippen LogP contribution is 2.18. The first-order chi connectivity index (χ1) is 7.75. The summed E-state index contributed by atoms with van der Waals surface area (Å²) in [6.07, 6.45) is 3.47. The number of carbonyl (C=O) groups is 1. The second-order valence-electron chi connectivity index (χ2n) is 3.66. The summed E-state index contributed by atoms with van der Waals surface area (Å²) in [5.41, 5.74) is 0.391. The second kappa shape index (κ2) is 6.62. The molecule has 1 aromatic carbocycles. The molecule has 0 fully saturated rings. The molecule has 0 heterocycles. The number of ketones is 1. The fourth-order valence-electron chi connectivity index (χ4n) is 1.51. The molecule has 3 nitrogen and oxygen atoms in total. The third-order valence-corrected chi connectivity index (χ3v) is 2.40. The molecule has 0 atom stereocenters. The van der Waals surface area contributed by atoms with E-state index in [0.29, 0.717) is 18.4 Å². The molecule has 0 saturated carbocycles. The van der Waals surface area contributed by atoms with E-state index in [1.54, 1.807) is 18.2 Å². The summed E-state index contributed by atoms with van der Waals surface area (Å²) in [7, 11) is 0. The summed E-state index contributed by atoms with van der Waals surface area (Å²) in [6, 6.07) is 8.65. The van der Waals surface area contributed by atoms with Gasteiger partial charge in [-0.25, -0.2) is 0 Å². The molecule has 0 aromatic heterocycles. The summed E-state index contributed by atoms with van der Waals surface area (Å²) in [5.74, 6) is 0.0135. The molecule has 0 amide bonds. The van der Waals surface area contributed by atoms with Gasteiger partial charge in [0.25, 0.3) is 0 Å². The van der Waals surface area contributed by atoms with Crippen molar-refractivity contribution < 1.29 is 9.90 Å². The van der Waals surface area contributed by atoms with Gasteiger partial charge in [0.05, 0.1) is 11.6 Å². The molecule has 0 aliphatic heterocycles. The number of unbranched alkanes of at least 4 members (excludes halogenated alkanes) is 3. The standard InChI is InChI=1S/C13H15NO2/c14-10-6-2-1-3-8-12(15)11-7-4-5-9-13(11)16/h4-5,7,9,16H,1-3,6,8H2. The Hall–Kier alpha value is -1.82. The molecule has 0 aliphatic carbocycles. The van der Waals surface area contributed by atoms with E-state index >= 15 is 0 Å². The van der Waals surface area contributed by atoms with Crippen molar-refractivity contribution in [1.29, 1.82) is 5.26 Å². The van der Waals surface area contributed by atoms with Crippen LogP contribution in [0.2, 0.25) is 0 Å². The zero-order valence-corrected chi connectivity index (χ0v) is 9.15. The van der Waals surface area contributed by atoms with Crippen LogP contribution in [0.25, 0.3) is 0 Å². The van der Waals surface area contributed by atoms with Crippen LogP contribution >= 0.6 is 0 Å². The van der Waals surface area contributed by atoms with Crippen molar-refractivity contribution in [2.75, 3.05) is 0 Å². The minimum absolute atomic E-state index is 0.0324. The van der Waals surface area contributed by atoms with Crippen LogP contribution in [0.15, 0.2) is 24.3 Å². The molecule has 1 aromatic rings. The molecule has 1 N–H and O–H groups in total. The van der Waals surface area contributed by atoms with Crippen LogP contribution in [0, 0.1) is 11.3 Å². The number of aromatic hydroxyl groups is 1. The Labute approximate surface area is 95.3 Å². The highest BCUT2D eigenvalue weighted by atomic mass is 16.3. The average Bonchev–Trinajstić information content (AvgIpc) is 2.29. The van der Waals surface area contributed by atoms with E-state index in [2.05, 4.69) is 6.07 Å². The fraction of sp³-hybridized carbons (Fsp3) is 0.385. The number of para-hydroxylation sites is 1. The SMILES string of the molecule is N#CCCCCCC(=O)c1ccccc1O. The van der Waals surface area contributed by atoms with Crippen LogP contribution in [0.1, 0.15) is 42.5 Å². The summed E-state index contributed by atoms with van der Waals surface area (Å²) in [5, 5.41) is 17.8. The molecule has 3 heteroatoms. The largest absolute Gasteiger partial charge is 0.507 e. The topological polar surface area (TPSA) is 61.1 Å². The van der Waals surface area contributed by atoms with E-state index in [1.807, 2.05) is 0 Å². The molecule has 0 unspecified atom stereocenters. The third-order valence-electron chi connectivity index (χ3n) is 2.40.